The second kappa shape index (κ2) is 7.35. The molecule has 0 rings (SSSR count). The van der Waals surface area contributed by atoms with E-state index in [1.807, 2.05) is 0 Å². The first kappa shape index (κ1) is 15.1. The quantitative estimate of drug-likeness (QED) is 0.689. The van der Waals surface area contributed by atoms with Crippen LogP contribution in [0.3, 0.4) is 0 Å². The van der Waals surface area contributed by atoms with Crippen LogP contribution >= 0.6 is 0 Å². The van der Waals surface area contributed by atoms with Gasteiger partial charge in [0.1, 0.15) is 6.54 Å². The summed E-state index contributed by atoms with van der Waals surface area (Å²) in [4.78, 5) is 11.0. The molecule has 0 aromatic carbocycles. The van der Waals surface area contributed by atoms with Crippen molar-refractivity contribution in [2.75, 3.05) is 6.54 Å². The van der Waals surface area contributed by atoms with E-state index in [-0.39, 0.29) is 6.04 Å². The summed E-state index contributed by atoms with van der Waals surface area (Å²) in [5.74, 6) is 0. The van der Waals surface area contributed by atoms with Gasteiger partial charge < -0.3 is 10.6 Å². The van der Waals surface area contributed by atoms with E-state index in [0.717, 1.165) is 25.7 Å². The van der Waals surface area contributed by atoms with E-state index in [1.54, 1.807) is 12.2 Å². The number of nitrogens with one attached hydrogen (secondary N) is 2. The summed E-state index contributed by atoms with van der Waals surface area (Å²) in [6.07, 6.45) is -0.462. The van der Waals surface area contributed by atoms with Crippen LogP contribution in [0.2, 0.25) is 0 Å². The van der Waals surface area contributed by atoms with Crippen molar-refractivity contribution in [2.24, 2.45) is 0 Å². The number of carbonyl (C=O) groups is 1. The fourth-order valence-corrected chi connectivity index (χ4v) is 1.23. The van der Waals surface area contributed by atoms with Crippen LogP contribution in [0, 0.1) is 0 Å². The maximum Gasteiger partial charge on any atom is 0.405 e. The predicted octanol–water partition coefficient (Wildman–Crippen LogP) is 2.82. The summed E-state index contributed by atoms with van der Waals surface area (Å²) in [5.41, 5.74) is 0. The number of alkyl halides is 3. The number of hydrogen-bond donors (Lipinski definition) is 2. The van der Waals surface area contributed by atoms with Crippen molar-refractivity contribution in [3.05, 3.63) is 0 Å². The minimum absolute atomic E-state index is 0.0974. The molecule has 0 saturated heterocycles. The molecule has 0 aromatic heterocycles. The lowest BCUT2D eigenvalue weighted by molar-refractivity contribution is -0.122. The molecule has 0 aliphatic rings. The van der Waals surface area contributed by atoms with Crippen molar-refractivity contribution in [2.45, 2.75) is 51.7 Å². The van der Waals surface area contributed by atoms with Gasteiger partial charge >= 0.3 is 12.2 Å². The zero-order chi connectivity index (χ0) is 12.6. The molecular weight excluding hydrogens is 221 g/mol. The van der Waals surface area contributed by atoms with Crippen molar-refractivity contribution in [1.29, 1.82) is 0 Å². The molecule has 0 aliphatic carbocycles. The summed E-state index contributed by atoms with van der Waals surface area (Å²) in [5, 5.41) is 4.23. The Hall–Kier alpha value is -0.940. The highest BCUT2D eigenvalue weighted by Gasteiger charge is 2.27. The molecule has 0 radical (unpaired) electrons. The van der Waals surface area contributed by atoms with Crippen LogP contribution in [-0.4, -0.2) is 24.8 Å². The highest BCUT2D eigenvalue weighted by molar-refractivity contribution is 5.74. The Bertz CT molecular complexity index is 207. The number of hydrogen-bond acceptors (Lipinski definition) is 1. The topological polar surface area (TPSA) is 41.1 Å². The molecule has 2 N–H and O–H groups in total. The van der Waals surface area contributed by atoms with Crippen molar-refractivity contribution < 1.29 is 18.0 Å². The number of amides is 2. The Morgan fingerprint density at radius 1 is 1.31 bits per heavy atom. The lowest BCUT2D eigenvalue weighted by atomic mass is 10.1. The van der Waals surface area contributed by atoms with Crippen molar-refractivity contribution in [3.8, 4) is 0 Å². The third-order valence-corrected chi connectivity index (χ3v) is 2.07. The first-order chi connectivity index (χ1) is 7.35. The normalized spacial score (nSPS) is 13.3. The van der Waals surface area contributed by atoms with E-state index >= 15 is 0 Å². The molecule has 0 heterocycles. The number of unbranched alkanes of at least 4 members (excludes halogenated alkanes) is 2. The van der Waals surface area contributed by atoms with Gasteiger partial charge in [0, 0.05) is 6.04 Å². The summed E-state index contributed by atoms with van der Waals surface area (Å²) >= 11 is 0. The highest BCUT2D eigenvalue weighted by atomic mass is 19.4. The number of carbonyl (C=O) groups excluding carboxylic acids is 1. The molecule has 0 aliphatic heterocycles. The van der Waals surface area contributed by atoms with Gasteiger partial charge in [-0.15, -0.1) is 0 Å². The van der Waals surface area contributed by atoms with E-state index in [9.17, 15) is 18.0 Å². The largest absolute Gasteiger partial charge is 0.405 e. The predicted molar refractivity (Wildman–Crippen MR) is 56.2 cm³/mol. The Kier molecular flexibility index (Phi) is 6.92. The summed E-state index contributed by atoms with van der Waals surface area (Å²) in [7, 11) is 0. The maximum atomic E-state index is 11.8. The number of halogens is 3. The van der Waals surface area contributed by atoms with Gasteiger partial charge in [-0.25, -0.2) is 4.79 Å². The van der Waals surface area contributed by atoms with Crippen LogP contribution in [0.15, 0.2) is 0 Å². The van der Waals surface area contributed by atoms with Crippen molar-refractivity contribution in [3.63, 3.8) is 0 Å². The fourth-order valence-electron chi connectivity index (χ4n) is 1.23. The summed E-state index contributed by atoms with van der Waals surface area (Å²) < 4.78 is 35.3. The molecular formula is C10H19F3N2O. The molecule has 0 aromatic rings. The number of rotatable bonds is 6. The smallest absolute Gasteiger partial charge is 0.336 e. The molecule has 0 fully saturated rings. The van der Waals surface area contributed by atoms with Gasteiger partial charge in [-0.05, 0) is 13.3 Å². The first-order valence-corrected chi connectivity index (χ1v) is 5.46. The van der Waals surface area contributed by atoms with E-state index in [4.69, 9.17) is 0 Å². The molecule has 0 saturated carbocycles. The average molecular weight is 240 g/mol. The van der Waals surface area contributed by atoms with E-state index in [1.165, 1.54) is 0 Å². The molecule has 6 heteroatoms. The number of urea groups is 1. The monoisotopic (exact) mass is 240 g/mol. The zero-order valence-electron chi connectivity index (χ0n) is 9.66. The zero-order valence-corrected chi connectivity index (χ0v) is 9.66. The van der Waals surface area contributed by atoms with Crippen LogP contribution in [0.4, 0.5) is 18.0 Å². The fraction of sp³-hybridized carbons (Fsp3) is 0.900. The molecule has 96 valence electrons. The summed E-state index contributed by atoms with van der Waals surface area (Å²) in [6.45, 7) is 2.55. The molecule has 1 unspecified atom stereocenters. The standard InChI is InChI=1S/C10H19F3N2O/c1-3-4-5-6-8(2)15-9(16)14-7-10(11,12)13/h8H,3-7H2,1-2H3,(H2,14,15,16). The molecule has 16 heavy (non-hydrogen) atoms. The van der Waals surface area contributed by atoms with Gasteiger partial charge in [0.2, 0.25) is 0 Å². The van der Waals surface area contributed by atoms with E-state index < -0.39 is 18.8 Å². The van der Waals surface area contributed by atoms with Crippen LogP contribution in [-0.2, 0) is 0 Å². The van der Waals surface area contributed by atoms with Gasteiger partial charge in [-0.1, -0.05) is 26.2 Å². The SMILES string of the molecule is CCCCCC(C)NC(=O)NCC(F)(F)F. The third kappa shape index (κ3) is 9.61. The Morgan fingerprint density at radius 2 is 1.94 bits per heavy atom. The lowest BCUT2D eigenvalue weighted by Gasteiger charge is -2.15. The Labute approximate surface area is 93.8 Å². The second-order valence-electron chi connectivity index (χ2n) is 3.84. The first-order valence-electron chi connectivity index (χ1n) is 5.46. The highest BCUT2D eigenvalue weighted by Crippen LogP contribution is 2.12. The summed E-state index contributed by atoms with van der Waals surface area (Å²) in [6, 6.07) is -0.860. The minimum Gasteiger partial charge on any atom is -0.336 e. The van der Waals surface area contributed by atoms with Gasteiger partial charge in [-0.2, -0.15) is 13.2 Å². The lowest BCUT2D eigenvalue weighted by Crippen LogP contribution is -2.44. The Morgan fingerprint density at radius 3 is 2.44 bits per heavy atom. The van der Waals surface area contributed by atoms with E-state index in [0.29, 0.717) is 0 Å². The molecule has 2 amide bonds. The molecule has 3 nitrogen and oxygen atoms in total. The van der Waals surface area contributed by atoms with E-state index in [2.05, 4.69) is 12.2 Å². The molecule has 1 atom stereocenters. The second-order valence-corrected chi connectivity index (χ2v) is 3.84. The van der Waals surface area contributed by atoms with Gasteiger partial charge in [-0.3, -0.25) is 0 Å². The van der Waals surface area contributed by atoms with Gasteiger partial charge in [0.15, 0.2) is 0 Å². The van der Waals surface area contributed by atoms with Crippen LogP contribution in [0.25, 0.3) is 0 Å². The average Bonchev–Trinajstić information content (AvgIpc) is 2.14. The van der Waals surface area contributed by atoms with Gasteiger partial charge in [0.05, 0.1) is 0 Å². The maximum absolute atomic E-state index is 11.8. The van der Waals surface area contributed by atoms with Gasteiger partial charge in [0.25, 0.3) is 0 Å². The van der Waals surface area contributed by atoms with Crippen LogP contribution in [0.1, 0.15) is 39.5 Å². The Balaban J connectivity index is 3.62. The third-order valence-electron chi connectivity index (χ3n) is 2.07. The minimum atomic E-state index is -4.36. The van der Waals surface area contributed by atoms with Crippen LogP contribution < -0.4 is 10.6 Å². The van der Waals surface area contributed by atoms with Crippen molar-refractivity contribution >= 4 is 6.03 Å². The molecule has 0 spiro atoms. The molecule has 0 bridgehead atoms. The van der Waals surface area contributed by atoms with Crippen molar-refractivity contribution in [1.82, 2.24) is 10.6 Å². The van der Waals surface area contributed by atoms with Crippen LogP contribution in [0.5, 0.6) is 0 Å².